The number of anilines is 1. The summed E-state index contributed by atoms with van der Waals surface area (Å²) in [7, 11) is 0. The van der Waals surface area contributed by atoms with E-state index in [2.05, 4.69) is 25.6 Å². The predicted molar refractivity (Wildman–Crippen MR) is 103 cm³/mol. The van der Waals surface area contributed by atoms with E-state index in [9.17, 15) is 9.18 Å². The van der Waals surface area contributed by atoms with Gasteiger partial charge in [-0.15, -0.1) is 5.10 Å². The third-order valence-corrected chi connectivity index (χ3v) is 5.15. The Morgan fingerprint density at radius 1 is 1.25 bits per heavy atom. The SMILES string of the molecule is Cc1nc(C(=O)Nc2cc(CC3CCCCC3)[nH]n2)nn1-c1ccc(F)cc1. The van der Waals surface area contributed by atoms with E-state index < -0.39 is 5.91 Å². The van der Waals surface area contributed by atoms with Crippen molar-refractivity contribution in [3.05, 3.63) is 53.5 Å². The molecule has 2 N–H and O–H groups in total. The van der Waals surface area contributed by atoms with Gasteiger partial charge < -0.3 is 5.32 Å². The van der Waals surface area contributed by atoms with Gasteiger partial charge in [0, 0.05) is 11.8 Å². The lowest BCUT2D eigenvalue weighted by Gasteiger charge is -2.20. The summed E-state index contributed by atoms with van der Waals surface area (Å²) in [5, 5.41) is 14.2. The molecule has 8 heteroatoms. The number of nitrogens with zero attached hydrogens (tertiary/aromatic N) is 4. The summed E-state index contributed by atoms with van der Waals surface area (Å²) < 4.78 is 14.6. The molecule has 0 aliphatic heterocycles. The van der Waals surface area contributed by atoms with Crippen LogP contribution in [0, 0.1) is 18.7 Å². The number of aryl methyl sites for hydroxylation is 1. The molecule has 2 aromatic heterocycles. The van der Waals surface area contributed by atoms with Crippen molar-refractivity contribution in [2.75, 3.05) is 5.32 Å². The largest absolute Gasteiger partial charge is 0.302 e. The third kappa shape index (κ3) is 4.11. The van der Waals surface area contributed by atoms with Crippen molar-refractivity contribution in [1.29, 1.82) is 0 Å². The summed E-state index contributed by atoms with van der Waals surface area (Å²) in [6.45, 7) is 1.74. The quantitative estimate of drug-likeness (QED) is 0.702. The monoisotopic (exact) mass is 382 g/mol. The van der Waals surface area contributed by atoms with E-state index in [4.69, 9.17) is 0 Å². The molecule has 0 atom stereocenters. The fourth-order valence-corrected chi connectivity index (χ4v) is 3.72. The minimum Gasteiger partial charge on any atom is -0.302 e. The van der Waals surface area contributed by atoms with Crippen LogP contribution in [-0.4, -0.2) is 30.9 Å². The van der Waals surface area contributed by atoms with Gasteiger partial charge in [-0.1, -0.05) is 32.1 Å². The van der Waals surface area contributed by atoms with Gasteiger partial charge in [-0.3, -0.25) is 9.89 Å². The van der Waals surface area contributed by atoms with E-state index in [1.807, 2.05) is 6.07 Å². The average Bonchev–Trinajstić information content (AvgIpc) is 3.30. The van der Waals surface area contributed by atoms with Crippen LogP contribution in [0.4, 0.5) is 10.2 Å². The molecule has 1 fully saturated rings. The molecule has 3 aromatic rings. The molecule has 4 rings (SSSR count). The zero-order valence-electron chi connectivity index (χ0n) is 15.8. The topological polar surface area (TPSA) is 88.5 Å². The van der Waals surface area contributed by atoms with Crippen LogP contribution >= 0.6 is 0 Å². The lowest BCUT2D eigenvalue weighted by atomic mass is 9.86. The molecular weight excluding hydrogens is 359 g/mol. The molecular formula is C20H23FN6O. The number of aromatic nitrogens is 5. The second-order valence-corrected chi connectivity index (χ2v) is 7.31. The summed E-state index contributed by atoms with van der Waals surface area (Å²) in [4.78, 5) is 16.7. The standard InChI is InChI=1S/C20H23FN6O/c1-13-22-19(26-27(13)17-9-7-15(21)8-10-17)20(28)23-18-12-16(24-25-18)11-14-5-3-2-4-6-14/h7-10,12,14H,2-6,11H2,1H3,(H2,23,24,25,28). The molecule has 1 aliphatic rings. The number of nitrogens with one attached hydrogen (secondary N) is 2. The molecule has 2 heterocycles. The van der Waals surface area contributed by atoms with E-state index in [1.165, 1.54) is 48.9 Å². The molecule has 0 spiro atoms. The first kappa shape index (κ1) is 18.3. The number of rotatable bonds is 5. The van der Waals surface area contributed by atoms with Crippen LogP contribution in [0.25, 0.3) is 5.69 Å². The van der Waals surface area contributed by atoms with Gasteiger partial charge in [0.1, 0.15) is 11.6 Å². The van der Waals surface area contributed by atoms with E-state index in [0.29, 0.717) is 23.2 Å². The van der Waals surface area contributed by atoms with E-state index >= 15 is 0 Å². The number of halogens is 1. The molecule has 0 unspecified atom stereocenters. The summed E-state index contributed by atoms with van der Waals surface area (Å²) in [6.07, 6.45) is 7.39. The van der Waals surface area contributed by atoms with E-state index in [1.54, 1.807) is 19.1 Å². The van der Waals surface area contributed by atoms with Crippen molar-refractivity contribution < 1.29 is 9.18 Å². The molecule has 146 valence electrons. The number of H-pyrrole nitrogens is 1. The third-order valence-electron chi connectivity index (χ3n) is 5.15. The highest BCUT2D eigenvalue weighted by Gasteiger charge is 2.18. The Labute approximate surface area is 162 Å². The molecule has 0 saturated heterocycles. The maximum Gasteiger partial charge on any atom is 0.296 e. The maximum atomic E-state index is 13.1. The summed E-state index contributed by atoms with van der Waals surface area (Å²) in [5.74, 6) is 0.970. The number of carbonyl (C=O) groups excluding carboxylic acids is 1. The number of amides is 1. The van der Waals surface area contributed by atoms with Gasteiger partial charge in [0.25, 0.3) is 5.91 Å². The maximum absolute atomic E-state index is 13.1. The molecule has 7 nitrogen and oxygen atoms in total. The van der Waals surface area contributed by atoms with E-state index in [0.717, 1.165) is 12.1 Å². The van der Waals surface area contributed by atoms with Crippen molar-refractivity contribution in [3.63, 3.8) is 0 Å². The zero-order valence-corrected chi connectivity index (χ0v) is 15.8. The Morgan fingerprint density at radius 3 is 2.75 bits per heavy atom. The highest BCUT2D eigenvalue weighted by atomic mass is 19.1. The lowest BCUT2D eigenvalue weighted by Crippen LogP contribution is -2.14. The van der Waals surface area contributed by atoms with Crippen molar-refractivity contribution in [3.8, 4) is 5.69 Å². The molecule has 0 bridgehead atoms. The van der Waals surface area contributed by atoms with Crippen LogP contribution in [0.2, 0.25) is 0 Å². The summed E-state index contributed by atoms with van der Waals surface area (Å²) >= 11 is 0. The zero-order chi connectivity index (χ0) is 19.5. The smallest absolute Gasteiger partial charge is 0.296 e. The normalized spacial score (nSPS) is 14.9. The number of benzene rings is 1. The minimum atomic E-state index is -0.431. The van der Waals surface area contributed by atoms with Gasteiger partial charge in [-0.2, -0.15) is 5.10 Å². The van der Waals surface area contributed by atoms with Crippen molar-refractivity contribution in [1.82, 2.24) is 25.0 Å². The fraction of sp³-hybridized carbons (Fsp3) is 0.400. The molecule has 28 heavy (non-hydrogen) atoms. The molecule has 1 saturated carbocycles. The van der Waals surface area contributed by atoms with Gasteiger partial charge in [0.05, 0.1) is 5.69 Å². The Bertz CT molecular complexity index is 955. The van der Waals surface area contributed by atoms with Crippen LogP contribution in [0.3, 0.4) is 0 Å². The average molecular weight is 382 g/mol. The Hall–Kier alpha value is -3.03. The van der Waals surface area contributed by atoms with Gasteiger partial charge in [-0.05, 0) is 43.5 Å². The predicted octanol–water partition coefficient (Wildman–Crippen LogP) is 3.81. The second kappa shape index (κ2) is 7.92. The summed E-state index contributed by atoms with van der Waals surface area (Å²) in [6, 6.07) is 7.73. The van der Waals surface area contributed by atoms with Gasteiger partial charge in [0.15, 0.2) is 5.82 Å². The number of hydrogen-bond acceptors (Lipinski definition) is 4. The summed E-state index contributed by atoms with van der Waals surface area (Å²) in [5.41, 5.74) is 1.67. The highest BCUT2D eigenvalue weighted by molar-refractivity contribution is 6.00. The van der Waals surface area contributed by atoms with E-state index in [-0.39, 0.29) is 11.6 Å². The number of aromatic amines is 1. The van der Waals surface area contributed by atoms with Crippen LogP contribution in [0.15, 0.2) is 30.3 Å². The molecule has 1 aromatic carbocycles. The number of carbonyl (C=O) groups is 1. The molecule has 0 radical (unpaired) electrons. The Morgan fingerprint density at radius 2 is 2.00 bits per heavy atom. The number of hydrogen-bond donors (Lipinski definition) is 2. The first-order chi connectivity index (χ1) is 13.6. The van der Waals surface area contributed by atoms with Crippen LogP contribution in [0.1, 0.15) is 54.2 Å². The first-order valence-electron chi connectivity index (χ1n) is 9.64. The van der Waals surface area contributed by atoms with Crippen LogP contribution in [0.5, 0.6) is 0 Å². The highest BCUT2D eigenvalue weighted by Crippen LogP contribution is 2.26. The van der Waals surface area contributed by atoms with Crippen LogP contribution in [-0.2, 0) is 6.42 Å². The van der Waals surface area contributed by atoms with Crippen molar-refractivity contribution >= 4 is 11.7 Å². The molecule has 1 aliphatic carbocycles. The van der Waals surface area contributed by atoms with Crippen molar-refractivity contribution in [2.45, 2.75) is 45.4 Å². The lowest BCUT2D eigenvalue weighted by molar-refractivity contribution is 0.101. The van der Waals surface area contributed by atoms with Gasteiger partial charge >= 0.3 is 0 Å². The van der Waals surface area contributed by atoms with Gasteiger partial charge in [-0.25, -0.2) is 14.1 Å². The Kier molecular flexibility index (Phi) is 5.18. The van der Waals surface area contributed by atoms with Crippen LogP contribution < -0.4 is 5.32 Å². The fourth-order valence-electron chi connectivity index (χ4n) is 3.72. The molecule has 1 amide bonds. The second-order valence-electron chi connectivity index (χ2n) is 7.31. The minimum absolute atomic E-state index is 0.0404. The Balaban J connectivity index is 1.42. The van der Waals surface area contributed by atoms with Gasteiger partial charge in [0.2, 0.25) is 5.82 Å². The van der Waals surface area contributed by atoms with Crippen molar-refractivity contribution in [2.24, 2.45) is 5.92 Å². The first-order valence-corrected chi connectivity index (χ1v) is 9.64.